The van der Waals surface area contributed by atoms with Crippen LogP contribution in [0.2, 0.25) is 0 Å². The summed E-state index contributed by atoms with van der Waals surface area (Å²) in [6.07, 6.45) is 4.50. The maximum atomic E-state index is 10.9. The molecule has 1 aromatic rings. The maximum Gasteiger partial charge on any atom is 0.339 e. The van der Waals surface area contributed by atoms with Crippen LogP contribution >= 0.6 is 11.6 Å². The van der Waals surface area contributed by atoms with Crippen LogP contribution in [0.3, 0.4) is 0 Å². The second-order valence-electron chi connectivity index (χ2n) is 3.14. The highest BCUT2D eigenvalue weighted by Gasteiger charge is 2.10. The van der Waals surface area contributed by atoms with E-state index >= 15 is 0 Å². The Morgan fingerprint density at radius 2 is 2.31 bits per heavy atom. The van der Waals surface area contributed by atoms with Crippen LogP contribution in [0.25, 0.3) is 6.08 Å². The minimum atomic E-state index is -0.996. The first kappa shape index (κ1) is 12.6. The smallest absolute Gasteiger partial charge is 0.339 e. The molecule has 86 valence electrons. The van der Waals surface area contributed by atoms with Gasteiger partial charge in [-0.3, -0.25) is 0 Å². The number of ether oxygens (including phenoxy) is 1. The number of allylic oxidation sites excluding steroid dienone is 1. The fraction of sp³-hybridized carbons (Fsp3) is 0.250. The largest absolute Gasteiger partial charge is 0.496 e. The van der Waals surface area contributed by atoms with Crippen LogP contribution in [0.1, 0.15) is 22.3 Å². The van der Waals surface area contributed by atoms with Gasteiger partial charge in [-0.15, -0.1) is 11.6 Å². The third-order valence-corrected chi connectivity index (χ3v) is 2.26. The molecule has 0 saturated heterocycles. The highest BCUT2D eigenvalue weighted by Crippen LogP contribution is 2.20. The SMILES string of the molecule is COc1ccc(C=CCCCl)cc1C(=O)O. The van der Waals surface area contributed by atoms with Crippen molar-refractivity contribution in [3.8, 4) is 5.75 Å². The molecule has 0 aliphatic rings. The topological polar surface area (TPSA) is 46.5 Å². The van der Waals surface area contributed by atoms with E-state index in [4.69, 9.17) is 21.4 Å². The van der Waals surface area contributed by atoms with E-state index in [0.29, 0.717) is 11.6 Å². The summed E-state index contributed by atoms with van der Waals surface area (Å²) in [6, 6.07) is 5.02. The molecule has 0 amide bonds. The van der Waals surface area contributed by atoms with Gasteiger partial charge in [-0.05, 0) is 24.1 Å². The molecule has 0 aromatic heterocycles. The molecule has 0 unspecified atom stereocenters. The Morgan fingerprint density at radius 3 is 2.88 bits per heavy atom. The first-order valence-electron chi connectivity index (χ1n) is 4.83. The third kappa shape index (κ3) is 3.28. The highest BCUT2D eigenvalue weighted by atomic mass is 35.5. The fourth-order valence-electron chi connectivity index (χ4n) is 1.28. The van der Waals surface area contributed by atoms with Crippen LogP contribution in [-0.4, -0.2) is 24.1 Å². The zero-order valence-corrected chi connectivity index (χ0v) is 9.70. The number of carbonyl (C=O) groups is 1. The minimum absolute atomic E-state index is 0.163. The molecule has 0 spiro atoms. The average Bonchev–Trinajstić information content (AvgIpc) is 2.29. The lowest BCUT2D eigenvalue weighted by Crippen LogP contribution is -2.00. The Balaban J connectivity index is 2.98. The molecule has 0 radical (unpaired) electrons. The summed E-state index contributed by atoms with van der Waals surface area (Å²) in [5.41, 5.74) is 0.985. The number of carboxylic acid groups (broad SMARTS) is 1. The molecular weight excluding hydrogens is 228 g/mol. The van der Waals surface area contributed by atoms with Crippen LogP contribution in [0.15, 0.2) is 24.3 Å². The van der Waals surface area contributed by atoms with E-state index in [1.54, 1.807) is 18.2 Å². The van der Waals surface area contributed by atoms with Gasteiger partial charge < -0.3 is 9.84 Å². The molecule has 0 heterocycles. The molecule has 1 N–H and O–H groups in total. The van der Waals surface area contributed by atoms with Crippen molar-refractivity contribution in [1.29, 1.82) is 0 Å². The number of hydrogen-bond acceptors (Lipinski definition) is 2. The van der Waals surface area contributed by atoms with Gasteiger partial charge in [0.05, 0.1) is 7.11 Å². The third-order valence-electron chi connectivity index (χ3n) is 2.04. The summed E-state index contributed by atoms with van der Waals surface area (Å²) >= 11 is 5.53. The molecule has 0 aliphatic heterocycles. The molecular formula is C12H13ClO3. The van der Waals surface area contributed by atoms with Crippen molar-refractivity contribution >= 4 is 23.6 Å². The van der Waals surface area contributed by atoms with Crippen molar-refractivity contribution in [3.63, 3.8) is 0 Å². The van der Waals surface area contributed by atoms with Gasteiger partial charge in [0.15, 0.2) is 0 Å². The van der Waals surface area contributed by atoms with Crippen molar-refractivity contribution < 1.29 is 14.6 Å². The molecule has 0 bridgehead atoms. The van der Waals surface area contributed by atoms with E-state index in [0.717, 1.165) is 12.0 Å². The van der Waals surface area contributed by atoms with Crippen LogP contribution < -0.4 is 4.74 Å². The van der Waals surface area contributed by atoms with Crippen molar-refractivity contribution in [3.05, 3.63) is 35.4 Å². The second kappa shape index (κ2) is 6.18. The van der Waals surface area contributed by atoms with Gasteiger partial charge >= 0.3 is 5.97 Å². The summed E-state index contributed by atoms with van der Waals surface area (Å²) in [5.74, 6) is -0.0789. The molecule has 0 aliphatic carbocycles. The molecule has 4 heteroatoms. The lowest BCUT2D eigenvalue weighted by Gasteiger charge is -2.05. The van der Waals surface area contributed by atoms with Crippen molar-refractivity contribution in [2.24, 2.45) is 0 Å². The van der Waals surface area contributed by atoms with E-state index < -0.39 is 5.97 Å². The van der Waals surface area contributed by atoms with Crippen molar-refractivity contribution in [2.75, 3.05) is 13.0 Å². The standard InChI is InChI=1S/C12H13ClO3/c1-16-11-6-5-9(4-2-3-7-13)8-10(11)12(14)15/h2,4-6,8H,3,7H2,1H3,(H,14,15). The quantitative estimate of drug-likeness (QED) is 0.805. The zero-order valence-electron chi connectivity index (χ0n) is 8.94. The van der Waals surface area contributed by atoms with E-state index in [2.05, 4.69) is 0 Å². The van der Waals surface area contributed by atoms with E-state index in [9.17, 15) is 4.79 Å². The molecule has 1 aromatic carbocycles. The second-order valence-corrected chi connectivity index (χ2v) is 3.52. The van der Waals surface area contributed by atoms with Crippen LogP contribution in [0.5, 0.6) is 5.75 Å². The summed E-state index contributed by atoms with van der Waals surface area (Å²) < 4.78 is 4.96. The molecule has 0 saturated carbocycles. The number of alkyl halides is 1. The molecule has 0 atom stereocenters. The van der Waals surface area contributed by atoms with Gasteiger partial charge in [-0.25, -0.2) is 4.79 Å². The van der Waals surface area contributed by atoms with Gasteiger partial charge in [0, 0.05) is 5.88 Å². The molecule has 16 heavy (non-hydrogen) atoms. The Morgan fingerprint density at radius 1 is 1.56 bits per heavy atom. The van der Waals surface area contributed by atoms with Gasteiger partial charge in [-0.1, -0.05) is 18.2 Å². The monoisotopic (exact) mass is 240 g/mol. The number of hydrogen-bond donors (Lipinski definition) is 1. The lowest BCUT2D eigenvalue weighted by molar-refractivity contribution is 0.0693. The predicted octanol–water partition coefficient (Wildman–Crippen LogP) is 3.04. The summed E-state index contributed by atoms with van der Waals surface area (Å²) in [7, 11) is 1.45. The molecule has 1 rings (SSSR count). The maximum absolute atomic E-state index is 10.9. The molecule has 3 nitrogen and oxygen atoms in total. The first-order chi connectivity index (χ1) is 7.69. The normalized spacial score (nSPS) is 10.6. The number of rotatable bonds is 5. The van der Waals surface area contributed by atoms with Gasteiger partial charge in [0.25, 0.3) is 0 Å². The Bertz CT molecular complexity index is 399. The van der Waals surface area contributed by atoms with Crippen LogP contribution in [0.4, 0.5) is 0 Å². The van der Waals surface area contributed by atoms with E-state index in [1.807, 2.05) is 12.2 Å². The fourth-order valence-corrected chi connectivity index (χ4v) is 1.40. The average molecular weight is 241 g/mol. The van der Waals surface area contributed by atoms with Gasteiger partial charge in [0.2, 0.25) is 0 Å². The summed E-state index contributed by atoms with van der Waals surface area (Å²) in [5, 5.41) is 8.97. The van der Waals surface area contributed by atoms with Crippen LogP contribution in [-0.2, 0) is 0 Å². The number of benzene rings is 1. The van der Waals surface area contributed by atoms with Gasteiger partial charge in [-0.2, -0.15) is 0 Å². The number of carboxylic acids is 1. The first-order valence-corrected chi connectivity index (χ1v) is 5.36. The zero-order chi connectivity index (χ0) is 12.0. The van der Waals surface area contributed by atoms with E-state index in [1.165, 1.54) is 7.11 Å². The lowest BCUT2D eigenvalue weighted by atomic mass is 10.1. The minimum Gasteiger partial charge on any atom is -0.496 e. The van der Waals surface area contributed by atoms with Crippen LogP contribution in [0, 0.1) is 0 Å². The Kier molecular flexibility index (Phi) is 4.86. The predicted molar refractivity (Wildman–Crippen MR) is 64.3 cm³/mol. The number of methoxy groups -OCH3 is 1. The molecule has 0 fully saturated rings. The number of halogens is 1. The highest BCUT2D eigenvalue weighted by molar-refractivity contribution is 6.17. The van der Waals surface area contributed by atoms with E-state index in [-0.39, 0.29) is 5.56 Å². The van der Waals surface area contributed by atoms with Crippen molar-refractivity contribution in [1.82, 2.24) is 0 Å². The Labute approximate surface area is 99.3 Å². The van der Waals surface area contributed by atoms with Crippen molar-refractivity contribution in [2.45, 2.75) is 6.42 Å². The summed E-state index contributed by atoms with van der Waals surface area (Å²) in [6.45, 7) is 0. The van der Waals surface area contributed by atoms with Gasteiger partial charge in [0.1, 0.15) is 11.3 Å². The Hall–Kier alpha value is -1.48. The number of aromatic carboxylic acids is 1. The summed E-state index contributed by atoms with van der Waals surface area (Å²) in [4.78, 5) is 10.9.